The van der Waals surface area contributed by atoms with Gasteiger partial charge >= 0.3 is 0 Å². The molecule has 43 heavy (non-hydrogen) atoms. The Morgan fingerprint density at radius 3 is 1.00 bits per heavy atom. The Kier molecular flexibility index (Phi) is 7.35. The highest BCUT2D eigenvalue weighted by Gasteiger charge is 2.46. The molecule has 0 saturated carbocycles. The lowest BCUT2D eigenvalue weighted by Gasteiger charge is -2.37. The van der Waals surface area contributed by atoms with Crippen LogP contribution in [0, 0.1) is 0 Å². The molecule has 0 bridgehead atoms. The molecule has 1 aliphatic carbocycles. The lowest BCUT2D eigenvalue weighted by molar-refractivity contribution is -0.132. The Bertz CT molecular complexity index is 1690. The topological polar surface area (TPSA) is 57.5 Å². The van der Waals surface area contributed by atoms with Gasteiger partial charge in [0.05, 0.1) is 0 Å². The van der Waals surface area contributed by atoms with Crippen LogP contribution in [0.1, 0.15) is 27.0 Å². The van der Waals surface area contributed by atoms with E-state index in [1.54, 1.807) is 12.1 Å². The van der Waals surface area contributed by atoms with Gasteiger partial charge in [-0.3, -0.25) is 4.79 Å². The molecule has 0 fully saturated rings. The number of carbonyl (C=O) groups excluding carboxylic acids is 1. The van der Waals surface area contributed by atoms with E-state index < -0.39 is 21.6 Å². The molecule has 0 spiro atoms. The second-order valence-corrected chi connectivity index (χ2v) is 14.8. The fraction of sp³-hybridized carbons (Fsp3) is 0.0263. The van der Waals surface area contributed by atoms with E-state index in [1.807, 2.05) is 97.1 Å². The molecule has 0 atom stereocenters. The fourth-order valence-electron chi connectivity index (χ4n) is 6.00. The molecule has 0 amide bonds. The SMILES string of the molecule is O=C1c2cccc(P(c3ccccc3)c3ccccc3)c2C(O)(O)c2c1cccc2P(c1ccccc1)c1ccccc1. The summed E-state index contributed by atoms with van der Waals surface area (Å²) in [5, 5.41) is 30.7. The third kappa shape index (κ3) is 4.85. The van der Waals surface area contributed by atoms with Gasteiger partial charge in [0.1, 0.15) is 0 Å². The summed E-state index contributed by atoms with van der Waals surface area (Å²) in [5.41, 5.74) is 1.20. The lowest BCUT2D eigenvalue weighted by atomic mass is 9.80. The number of hydrogen-bond acceptors (Lipinski definition) is 3. The monoisotopic (exact) mass is 594 g/mol. The summed E-state index contributed by atoms with van der Waals surface area (Å²) < 4.78 is 0. The highest BCUT2D eigenvalue weighted by molar-refractivity contribution is 7.80. The molecule has 6 aromatic carbocycles. The molecule has 0 heterocycles. The van der Waals surface area contributed by atoms with Crippen LogP contribution in [0.5, 0.6) is 0 Å². The minimum atomic E-state index is -2.40. The van der Waals surface area contributed by atoms with Crippen LogP contribution in [0.2, 0.25) is 0 Å². The van der Waals surface area contributed by atoms with Crippen molar-refractivity contribution in [2.24, 2.45) is 0 Å². The summed E-state index contributed by atoms with van der Waals surface area (Å²) in [7, 11) is -2.41. The van der Waals surface area contributed by atoms with Crippen molar-refractivity contribution < 1.29 is 15.0 Å². The Morgan fingerprint density at radius 1 is 0.395 bits per heavy atom. The maximum atomic E-state index is 14.3. The van der Waals surface area contributed by atoms with Gasteiger partial charge in [0.25, 0.3) is 0 Å². The van der Waals surface area contributed by atoms with Gasteiger partial charge in [-0.2, -0.15) is 0 Å². The summed E-state index contributed by atoms with van der Waals surface area (Å²) in [6.45, 7) is 0. The van der Waals surface area contributed by atoms with Crippen molar-refractivity contribution in [3.8, 4) is 0 Å². The zero-order chi connectivity index (χ0) is 29.4. The first-order chi connectivity index (χ1) is 21.1. The van der Waals surface area contributed by atoms with Gasteiger partial charge in [-0.25, -0.2) is 0 Å². The van der Waals surface area contributed by atoms with Gasteiger partial charge in [-0.05, 0) is 47.7 Å². The summed E-state index contributed by atoms with van der Waals surface area (Å²) in [6.07, 6.45) is 0. The molecular formula is C38H28O3P2. The molecule has 3 nitrogen and oxygen atoms in total. The first-order valence-electron chi connectivity index (χ1n) is 14.1. The third-order valence-corrected chi connectivity index (χ3v) is 12.8. The largest absolute Gasteiger partial charge is 0.358 e. The highest BCUT2D eigenvalue weighted by Crippen LogP contribution is 2.46. The molecule has 0 aliphatic heterocycles. The molecule has 208 valence electrons. The van der Waals surface area contributed by atoms with Gasteiger partial charge in [0, 0.05) is 22.3 Å². The van der Waals surface area contributed by atoms with E-state index in [-0.39, 0.29) is 16.9 Å². The van der Waals surface area contributed by atoms with Gasteiger partial charge in [-0.15, -0.1) is 0 Å². The highest BCUT2D eigenvalue weighted by atomic mass is 31.1. The van der Waals surface area contributed by atoms with Crippen molar-refractivity contribution in [3.05, 3.63) is 180 Å². The second kappa shape index (κ2) is 11.5. The van der Waals surface area contributed by atoms with Crippen LogP contribution in [-0.2, 0) is 5.79 Å². The zero-order valence-corrected chi connectivity index (χ0v) is 25.0. The molecule has 7 rings (SSSR count). The van der Waals surface area contributed by atoms with Crippen molar-refractivity contribution >= 4 is 53.5 Å². The Balaban J connectivity index is 1.50. The molecule has 2 N–H and O–H groups in total. The average Bonchev–Trinajstić information content (AvgIpc) is 3.06. The lowest BCUT2D eigenvalue weighted by Crippen LogP contribution is -2.45. The minimum Gasteiger partial charge on any atom is -0.358 e. The van der Waals surface area contributed by atoms with Crippen LogP contribution < -0.4 is 31.8 Å². The van der Waals surface area contributed by atoms with E-state index in [0.29, 0.717) is 11.1 Å². The quantitative estimate of drug-likeness (QED) is 0.213. The maximum absolute atomic E-state index is 14.3. The van der Waals surface area contributed by atoms with Crippen molar-refractivity contribution in [3.63, 3.8) is 0 Å². The van der Waals surface area contributed by atoms with Crippen LogP contribution in [0.25, 0.3) is 0 Å². The van der Waals surface area contributed by atoms with Crippen LogP contribution in [0.15, 0.2) is 158 Å². The maximum Gasteiger partial charge on any atom is 0.220 e. The van der Waals surface area contributed by atoms with E-state index in [2.05, 4.69) is 48.5 Å². The molecule has 5 heteroatoms. The average molecular weight is 595 g/mol. The van der Waals surface area contributed by atoms with Crippen molar-refractivity contribution in [2.45, 2.75) is 5.79 Å². The zero-order valence-electron chi connectivity index (χ0n) is 23.2. The summed E-state index contributed by atoms with van der Waals surface area (Å²) in [5.74, 6) is -2.60. The number of rotatable bonds is 6. The van der Waals surface area contributed by atoms with E-state index in [0.717, 1.165) is 31.8 Å². The number of carbonyl (C=O) groups is 1. The molecule has 1 aliphatic rings. The first-order valence-corrected chi connectivity index (χ1v) is 16.8. The fourth-order valence-corrected chi connectivity index (χ4v) is 11.1. The van der Waals surface area contributed by atoms with E-state index in [4.69, 9.17) is 0 Å². The minimum absolute atomic E-state index is 0.195. The van der Waals surface area contributed by atoms with Gasteiger partial charge in [0.15, 0.2) is 5.78 Å². The Hall–Kier alpha value is -4.23. The number of hydrogen-bond donors (Lipinski definition) is 2. The van der Waals surface area contributed by atoms with Gasteiger partial charge < -0.3 is 10.2 Å². The van der Waals surface area contributed by atoms with Crippen molar-refractivity contribution in [2.75, 3.05) is 0 Å². The Labute approximate surface area is 253 Å². The molecule has 0 saturated heterocycles. The third-order valence-electron chi connectivity index (χ3n) is 7.81. The van der Waals surface area contributed by atoms with Crippen molar-refractivity contribution in [1.82, 2.24) is 0 Å². The number of aliphatic hydroxyl groups is 2. The summed E-state index contributed by atoms with van der Waals surface area (Å²) in [4.78, 5) is 14.3. The first kappa shape index (κ1) is 27.6. The van der Waals surface area contributed by atoms with Crippen LogP contribution >= 0.6 is 15.8 Å². The molecule has 0 unspecified atom stereocenters. The number of ketones is 1. The summed E-state index contributed by atoms with van der Waals surface area (Å²) in [6, 6.07) is 51.5. The standard InChI is InChI=1S/C38H28O3P2/c39-37-31-23-13-25-33(42(27-15-5-1-6-16-27)28-17-7-2-8-18-28)35(31)38(40,41)36-32(37)24-14-26-34(36)43(29-19-9-3-10-20-29)30-21-11-4-12-22-30/h1-26,40-41H. The van der Waals surface area contributed by atoms with Gasteiger partial charge in [-0.1, -0.05) is 158 Å². The van der Waals surface area contributed by atoms with E-state index >= 15 is 0 Å². The van der Waals surface area contributed by atoms with E-state index in [1.165, 1.54) is 0 Å². The van der Waals surface area contributed by atoms with Crippen LogP contribution in [0.4, 0.5) is 0 Å². The molecule has 0 aromatic heterocycles. The normalized spacial score (nSPS) is 13.5. The molecule has 6 aromatic rings. The Morgan fingerprint density at radius 2 is 0.698 bits per heavy atom. The smallest absolute Gasteiger partial charge is 0.220 e. The summed E-state index contributed by atoms with van der Waals surface area (Å²) >= 11 is 0. The van der Waals surface area contributed by atoms with Gasteiger partial charge in [0.2, 0.25) is 5.79 Å². The predicted molar refractivity (Wildman–Crippen MR) is 179 cm³/mol. The molecule has 0 radical (unpaired) electrons. The van der Waals surface area contributed by atoms with Crippen molar-refractivity contribution in [1.29, 1.82) is 0 Å². The molecular weight excluding hydrogens is 566 g/mol. The van der Waals surface area contributed by atoms with Crippen LogP contribution in [-0.4, -0.2) is 16.0 Å². The van der Waals surface area contributed by atoms with E-state index in [9.17, 15) is 15.0 Å². The number of fused-ring (bicyclic) bond motifs is 2. The van der Waals surface area contributed by atoms with Crippen LogP contribution in [0.3, 0.4) is 0 Å². The predicted octanol–water partition coefficient (Wildman–Crippen LogP) is 4.93. The number of benzene rings is 6. The second-order valence-electron chi connectivity index (χ2n) is 10.4.